The molecule has 0 aliphatic heterocycles. The molecule has 0 atom stereocenters. The number of amides is 1. The Morgan fingerprint density at radius 3 is 2.62 bits per heavy atom. The van der Waals surface area contributed by atoms with Crippen molar-refractivity contribution in [2.24, 2.45) is 0 Å². The Bertz CT molecular complexity index is 1030. The molecule has 4 nitrogen and oxygen atoms in total. The van der Waals surface area contributed by atoms with Crippen molar-refractivity contribution in [1.82, 2.24) is 4.98 Å². The van der Waals surface area contributed by atoms with E-state index in [1.807, 2.05) is 6.07 Å². The normalized spacial score (nSPS) is 21.8. The van der Waals surface area contributed by atoms with Crippen LogP contribution in [0.5, 0.6) is 0 Å². The fourth-order valence-corrected chi connectivity index (χ4v) is 4.34. The maximum absolute atomic E-state index is 13.7. The van der Waals surface area contributed by atoms with Crippen LogP contribution in [0.25, 0.3) is 10.9 Å². The van der Waals surface area contributed by atoms with E-state index in [1.165, 1.54) is 12.1 Å². The Balaban J connectivity index is 1.41. The third-order valence-corrected chi connectivity index (χ3v) is 6.03. The number of carbonyl (C=O) groups is 1. The van der Waals surface area contributed by atoms with E-state index in [1.54, 1.807) is 36.5 Å². The SMILES string of the molecule is O=C(CC1(O)CCC(c2ccnc3ccc(F)cc23)CC1)Nc1ccc(S)cc1. The second kappa shape index (κ2) is 8.13. The van der Waals surface area contributed by atoms with Gasteiger partial charge in [0.15, 0.2) is 0 Å². The van der Waals surface area contributed by atoms with E-state index in [-0.39, 0.29) is 24.1 Å². The number of rotatable bonds is 4. The summed E-state index contributed by atoms with van der Waals surface area (Å²) in [5, 5.41) is 14.6. The van der Waals surface area contributed by atoms with Gasteiger partial charge in [-0.05, 0) is 85.7 Å². The van der Waals surface area contributed by atoms with Crippen LogP contribution in [-0.2, 0) is 4.79 Å². The molecule has 6 heteroatoms. The van der Waals surface area contributed by atoms with Crippen LogP contribution in [-0.4, -0.2) is 21.6 Å². The number of hydrogen-bond acceptors (Lipinski definition) is 4. The van der Waals surface area contributed by atoms with Gasteiger partial charge in [-0.1, -0.05) is 0 Å². The average Bonchev–Trinajstić information content (AvgIpc) is 2.70. The number of anilines is 1. The van der Waals surface area contributed by atoms with E-state index in [0.29, 0.717) is 18.5 Å². The number of halogens is 1. The maximum Gasteiger partial charge on any atom is 0.227 e. The first-order chi connectivity index (χ1) is 13.9. The van der Waals surface area contributed by atoms with E-state index in [9.17, 15) is 14.3 Å². The molecular formula is C23H23FN2O2S. The quantitative estimate of drug-likeness (QED) is 0.526. The molecule has 1 aliphatic rings. The summed E-state index contributed by atoms with van der Waals surface area (Å²) < 4.78 is 13.7. The van der Waals surface area contributed by atoms with Crippen molar-refractivity contribution >= 4 is 35.1 Å². The van der Waals surface area contributed by atoms with Gasteiger partial charge in [-0.3, -0.25) is 9.78 Å². The molecule has 1 amide bonds. The highest BCUT2D eigenvalue weighted by atomic mass is 32.1. The Morgan fingerprint density at radius 1 is 1.17 bits per heavy atom. The summed E-state index contributed by atoms with van der Waals surface area (Å²) >= 11 is 4.23. The van der Waals surface area contributed by atoms with Gasteiger partial charge in [0, 0.05) is 22.2 Å². The zero-order chi connectivity index (χ0) is 20.4. The largest absolute Gasteiger partial charge is 0.389 e. The van der Waals surface area contributed by atoms with E-state index in [2.05, 4.69) is 22.9 Å². The molecule has 1 aliphatic carbocycles. The number of nitrogens with one attached hydrogen (secondary N) is 1. The lowest BCUT2D eigenvalue weighted by molar-refractivity contribution is -0.122. The summed E-state index contributed by atoms with van der Waals surface area (Å²) in [6.07, 6.45) is 4.36. The van der Waals surface area contributed by atoms with Crippen LogP contribution in [0.1, 0.15) is 43.6 Å². The number of aliphatic hydroxyl groups is 1. The third-order valence-electron chi connectivity index (χ3n) is 5.73. The second-order valence-corrected chi connectivity index (χ2v) is 8.35. The van der Waals surface area contributed by atoms with Gasteiger partial charge in [-0.25, -0.2) is 4.39 Å². The lowest BCUT2D eigenvalue weighted by atomic mass is 9.74. The van der Waals surface area contributed by atoms with Gasteiger partial charge in [0.25, 0.3) is 0 Å². The van der Waals surface area contributed by atoms with Crippen molar-refractivity contribution in [3.8, 4) is 0 Å². The molecule has 2 aromatic carbocycles. The van der Waals surface area contributed by atoms with Gasteiger partial charge in [0.2, 0.25) is 5.91 Å². The predicted molar refractivity (Wildman–Crippen MR) is 115 cm³/mol. The smallest absolute Gasteiger partial charge is 0.227 e. The Hall–Kier alpha value is -2.44. The average molecular weight is 411 g/mol. The molecule has 1 aromatic heterocycles. The number of hydrogen-bond donors (Lipinski definition) is 3. The van der Waals surface area contributed by atoms with Gasteiger partial charge >= 0.3 is 0 Å². The molecule has 29 heavy (non-hydrogen) atoms. The molecule has 150 valence electrons. The summed E-state index contributed by atoms with van der Waals surface area (Å²) in [5.74, 6) is -0.260. The fourth-order valence-electron chi connectivity index (χ4n) is 4.19. The van der Waals surface area contributed by atoms with Gasteiger partial charge in [0.05, 0.1) is 17.5 Å². The minimum Gasteiger partial charge on any atom is -0.389 e. The predicted octanol–water partition coefficient (Wildman–Crippen LogP) is 5.08. The first-order valence-corrected chi connectivity index (χ1v) is 10.2. The topological polar surface area (TPSA) is 62.2 Å². The van der Waals surface area contributed by atoms with Crippen molar-refractivity contribution in [3.05, 3.63) is 66.1 Å². The van der Waals surface area contributed by atoms with Gasteiger partial charge in [0.1, 0.15) is 5.82 Å². The number of fused-ring (bicyclic) bond motifs is 1. The first-order valence-electron chi connectivity index (χ1n) is 9.77. The molecule has 3 aromatic rings. The lowest BCUT2D eigenvalue weighted by Gasteiger charge is -2.36. The van der Waals surface area contributed by atoms with Crippen molar-refractivity contribution in [3.63, 3.8) is 0 Å². The fraction of sp³-hybridized carbons (Fsp3) is 0.304. The molecule has 0 radical (unpaired) electrons. The zero-order valence-electron chi connectivity index (χ0n) is 15.9. The van der Waals surface area contributed by atoms with E-state index >= 15 is 0 Å². The number of thiol groups is 1. The molecule has 4 rings (SSSR count). The molecule has 0 spiro atoms. The van der Waals surface area contributed by atoms with Crippen LogP contribution in [0.4, 0.5) is 10.1 Å². The summed E-state index contributed by atoms with van der Waals surface area (Å²) in [4.78, 5) is 17.5. The summed E-state index contributed by atoms with van der Waals surface area (Å²) in [6.45, 7) is 0. The summed E-state index contributed by atoms with van der Waals surface area (Å²) in [6, 6.07) is 13.8. The molecule has 1 heterocycles. The molecular weight excluding hydrogens is 387 g/mol. The van der Waals surface area contributed by atoms with Crippen LogP contribution in [0, 0.1) is 5.82 Å². The van der Waals surface area contributed by atoms with Crippen molar-refractivity contribution < 1.29 is 14.3 Å². The number of nitrogens with zero attached hydrogens (tertiary/aromatic N) is 1. The Labute approximate surface area is 174 Å². The lowest BCUT2D eigenvalue weighted by Crippen LogP contribution is -2.37. The zero-order valence-corrected chi connectivity index (χ0v) is 16.8. The maximum atomic E-state index is 13.7. The minimum absolute atomic E-state index is 0.0636. The van der Waals surface area contributed by atoms with Gasteiger partial charge < -0.3 is 10.4 Å². The highest BCUT2D eigenvalue weighted by Gasteiger charge is 2.36. The van der Waals surface area contributed by atoms with Crippen molar-refractivity contribution in [2.45, 2.75) is 48.5 Å². The van der Waals surface area contributed by atoms with Crippen LogP contribution >= 0.6 is 12.6 Å². The number of pyridine rings is 1. The summed E-state index contributed by atoms with van der Waals surface area (Å²) in [7, 11) is 0. The number of benzene rings is 2. The summed E-state index contributed by atoms with van der Waals surface area (Å²) in [5.41, 5.74) is 1.51. The van der Waals surface area contributed by atoms with Crippen LogP contribution < -0.4 is 5.32 Å². The van der Waals surface area contributed by atoms with Crippen molar-refractivity contribution in [1.29, 1.82) is 0 Å². The van der Waals surface area contributed by atoms with Crippen LogP contribution in [0.3, 0.4) is 0 Å². The standard InChI is InChI=1S/C23H23FN2O2S/c24-16-1-6-21-20(13-16)19(9-12-25-21)15-7-10-23(28,11-8-15)14-22(27)26-17-2-4-18(29)5-3-17/h1-6,9,12-13,15,28-29H,7-8,10-11,14H2,(H,26,27). The highest BCUT2D eigenvalue weighted by Crippen LogP contribution is 2.41. The Kier molecular flexibility index (Phi) is 5.56. The Morgan fingerprint density at radius 2 is 1.90 bits per heavy atom. The molecule has 0 bridgehead atoms. The molecule has 0 unspecified atom stereocenters. The number of aromatic nitrogens is 1. The second-order valence-electron chi connectivity index (χ2n) is 7.83. The van der Waals surface area contributed by atoms with Crippen LogP contribution in [0.2, 0.25) is 0 Å². The minimum atomic E-state index is -1.02. The molecule has 2 N–H and O–H groups in total. The van der Waals surface area contributed by atoms with E-state index < -0.39 is 5.60 Å². The van der Waals surface area contributed by atoms with Crippen LogP contribution in [0.15, 0.2) is 59.6 Å². The third kappa shape index (κ3) is 4.60. The van der Waals surface area contributed by atoms with Gasteiger partial charge in [-0.15, -0.1) is 12.6 Å². The van der Waals surface area contributed by atoms with E-state index in [4.69, 9.17) is 0 Å². The molecule has 1 fully saturated rings. The highest BCUT2D eigenvalue weighted by molar-refractivity contribution is 7.80. The first kappa shape index (κ1) is 19.9. The molecule has 1 saturated carbocycles. The van der Waals surface area contributed by atoms with E-state index in [0.717, 1.165) is 34.2 Å². The molecule has 0 saturated heterocycles. The number of carbonyl (C=O) groups excluding carboxylic acids is 1. The van der Waals surface area contributed by atoms with Crippen molar-refractivity contribution in [2.75, 3.05) is 5.32 Å². The van der Waals surface area contributed by atoms with Gasteiger partial charge in [-0.2, -0.15) is 0 Å². The monoisotopic (exact) mass is 410 g/mol.